The Morgan fingerprint density at radius 1 is 1.10 bits per heavy atom. The minimum atomic E-state index is 0.691. The second kappa shape index (κ2) is 4.96. The van der Waals surface area contributed by atoms with Gasteiger partial charge in [-0.1, -0.05) is 0 Å². The van der Waals surface area contributed by atoms with Gasteiger partial charge in [0.05, 0.1) is 36.7 Å². The van der Waals surface area contributed by atoms with Crippen molar-refractivity contribution in [3.63, 3.8) is 0 Å². The van der Waals surface area contributed by atoms with Gasteiger partial charge in [-0.15, -0.1) is 0 Å². The van der Waals surface area contributed by atoms with Gasteiger partial charge in [-0.05, 0) is 43.2 Å². The van der Waals surface area contributed by atoms with Crippen molar-refractivity contribution >= 4 is 11.0 Å². The van der Waals surface area contributed by atoms with E-state index in [-0.39, 0.29) is 0 Å². The molecule has 102 valence electrons. The summed E-state index contributed by atoms with van der Waals surface area (Å²) in [6.07, 6.45) is 3.63. The molecule has 0 radical (unpaired) electrons. The van der Waals surface area contributed by atoms with Crippen LogP contribution in [0.25, 0.3) is 11.0 Å². The van der Waals surface area contributed by atoms with Crippen LogP contribution in [0.15, 0.2) is 36.8 Å². The maximum absolute atomic E-state index is 5.23. The maximum atomic E-state index is 5.23. The molecule has 4 heteroatoms. The zero-order valence-corrected chi connectivity index (χ0v) is 11.9. The van der Waals surface area contributed by atoms with E-state index < -0.39 is 0 Å². The largest absolute Gasteiger partial charge is 0.497 e. The molecule has 0 unspecified atom stereocenters. The van der Waals surface area contributed by atoms with Crippen LogP contribution >= 0.6 is 0 Å². The number of aryl methyl sites for hydroxylation is 2. The summed E-state index contributed by atoms with van der Waals surface area (Å²) in [7, 11) is 1.66. The lowest BCUT2D eigenvalue weighted by atomic mass is 10.1. The second-order valence-corrected chi connectivity index (χ2v) is 4.98. The Morgan fingerprint density at radius 2 is 1.90 bits per heavy atom. The normalized spacial score (nSPS) is 10.9. The molecule has 0 saturated carbocycles. The van der Waals surface area contributed by atoms with Gasteiger partial charge in [0.25, 0.3) is 0 Å². The van der Waals surface area contributed by atoms with Crippen molar-refractivity contribution in [2.45, 2.75) is 20.4 Å². The first kappa shape index (κ1) is 12.7. The molecule has 0 N–H and O–H groups in total. The Kier molecular flexibility index (Phi) is 3.14. The van der Waals surface area contributed by atoms with Crippen LogP contribution in [0.5, 0.6) is 5.75 Å². The summed E-state index contributed by atoms with van der Waals surface area (Å²) >= 11 is 0. The Labute approximate surface area is 118 Å². The molecule has 0 saturated heterocycles. The number of hydrogen-bond acceptors (Lipinski definition) is 3. The summed E-state index contributed by atoms with van der Waals surface area (Å²) in [5.41, 5.74) is 5.66. The Balaban J connectivity index is 2.00. The van der Waals surface area contributed by atoms with E-state index in [1.54, 1.807) is 13.3 Å². The quantitative estimate of drug-likeness (QED) is 0.732. The van der Waals surface area contributed by atoms with Gasteiger partial charge in [0, 0.05) is 12.3 Å². The maximum Gasteiger partial charge on any atom is 0.122 e. The van der Waals surface area contributed by atoms with E-state index in [1.165, 1.54) is 11.1 Å². The standard InChI is InChI=1S/C16H17N3O/c1-11-6-15-16(7-12(11)2)19(10-18-15)9-13-8-14(20-3)4-5-17-13/h4-8,10H,9H2,1-3H3. The summed E-state index contributed by atoms with van der Waals surface area (Å²) in [5, 5.41) is 0. The van der Waals surface area contributed by atoms with Crippen molar-refractivity contribution in [2.75, 3.05) is 7.11 Å². The Bertz CT molecular complexity index is 762. The lowest BCUT2D eigenvalue weighted by molar-refractivity contribution is 0.413. The van der Waals surface area contributed by atoms with Gasteiger partial charge < -0.3 is 9.30 Å². The Morgan fingerprint density at radius 3 is 2.70 bits per heavy atom. The number of ether oxygens (including phenoxy) is 1. The molecule has 0 fully saturated rings. The molecule has 1 aromatic carbocycles. The van der Waals surface area contributed by atoms with Gasteiger partial charge in [-0.25, -0.2) is 4.98 Å². The number of methoxy groups -OCH3 is 1. The van der Waals surface area contributed by atoms with Gasteiger partial charge in [-0.3, -0.25) is 4.98 Å². The van der Waals surface area contributed by atoms with Crippen molar-refractivity contribution in [2.24, 2.45) is 0 Å². The molecule has 4 nitrogen and oxygen atoms in total. The van der Waals surface area contributed by atoms with Gasteiger partial charge in [-0.2, -0.15) is 0 Å². The fourth-order valence-corrected chi connectivity index (χ4v) is 2.28. The minimum Gasteiger partial charge on any atom is -0.497 e. The van der Waals surface area contributed by atoms with E-state index in [1.807, 2.05) is 18.5 Å². The highest BCUT2D eigenvalue weighted by Gasteiger charge is 2.06. The molecule has 0 atom stereocenters. The van der Waals surface area contributed by atoms with Crippen LogP contribution in [0, 0.1) is 13.8 Å². The molecule has 3 rings (SSSR count). The van der Waals surface area contributed by atoms with E-state index in [4.69, 9.17) is 4.74 Å². The van der Waals surface area contributed by atoms with Crippen molar-refractivity contribution < 1.29 is 4.74 Å². The third-order valence-corrected chi connectivity index (χ3v) is 3.59. The molecule has 0 aliphatic carbocycles. The zero-order valence-electron chi connectivity index (χ0n) is 11.9. The summed E-state index contributed by atoms with van der Waals surface area (Å²) in [6, 6.07) is 8.11. The van der Waals surface area contributed by atoms with Crippen LogP contribution in [-0.2, 0) is 6.54 Å². The van der Waals surface area contributed by atoms with Crippen molar-refractivity contribution in [1.82, 2.24) is 14.5 Å². The zero-order chi connectivity index (χ0) is 14.1. The van der Waals surface area contributed by atoms with Crippen molar-refractivity contribution in [3.05, 3.63) is 53.6 Å². The minimum absolute atomic E-state index is 0.691. The Hall–Kier alpha value is -2.36. The molecule has 2 aromatic heterocycles. The molecule has 0 bridgehead atoms. The SMILES string of the molecule is COc1ccnc(Cn2cnc3cc(C)c(C)cc32)c1. The number of aromatic nitrogens is 3. The van der Waals surface area contributed by atoms with Crippen LogP contribution in [-0.4, -0.2) is 21.6 Å². The fourth-order valence-electron chi connectivity index (χ4n) is 2.28. The number of benzene rings is 1. The van der Waals surface area contributed by atoms with E-state index in [2.05, 4.69) is 40.5 Å². The molecule has 2 heterocycles. The molecule has 20 heavy (non-hydrogen) atoms. The number of imidazole rings is 1. The van der Waals surface area contributed by atoms with Crippen molar-refractivity contribution in [1.29, 1.82) is 0 Å². The molecule has 0 spiro atoms. The van der Waals surface area contributed by atoms with Gasteiger partial charge >= 0.3 is 0 Å². The summed E-state index contributed by atoms with van der Waals surface area (Å²) < 4.78 is 7.35. The highest BCUT2D eigenvalue weighted by atomic mass is 16.5. The summed E-state index contributed by atoms with van der Waals surface area (Å²) in [4.78, 5) is 8.84. The van der Waals surface area contributed by atoms with Gasteiger partial charge in [0.15, 0.2) is 0 Å². The van der Waals surface area contributed by atoms with E-state index in [9.17, 15) is 0 Å². The monoisotopic (exact) mass is 267 g/mol. The van der Waals surface area contributed by atoms with Crippen LogP contribution in [0.4, 0.5) is 0 Å². The van der Waals surface area contributed by atoms with Crippen molar-refractivity contribution in [3.8, 4) is 5.75 Å². The lowest BCUT2D eigenvalue weighted by Gasteiger charge is -2.07. The molecule has 0 aliphatic rings. The smallest absolute Gasteiger partial charge is 0.122 e. The molecule has 0 amide bonds. The number of fused-ring (bicyclic) bond motifs is 1. The third kappa shape index (κ3) is 2.25. The average molecular weight is 267 g/mol. The van der Waals surface area contributed by atoms with E-state index in [0.29, 0.717) is 6.54 Å². The predicted molar refractivity (Wildman–Crippen MR) is 79.1 cm³/mol. The van der Waals surface area contributed by atoms with Crippen LogP contribution < -0.4 is 4.74 Å². The second-order valence-electron chi connectivity index (χ2n) is 4.98. The van der Waals surface area contributed by atoms with Crippen LogP contribution in [0.1, 0.15) is 16.8 Å². The highest BCUT2D eigenvalue weighted by Crippen LogP contribution is 2.19. The first-order valence-electron chi connectivity index (χ1n) is 6.58. The topological polar surface area (TPSA) is 39.9 Å². The number of nitrogens with zero attached hydrogens (tertiary/aromatic N) is 3. The molecule has 3 aromatic rings. The molecule has 0 aliphatic heterocycles. The molecular weight excluding hydrogens is 250 g/mol. The number of rotatable bonds is 3. The van der Waals surface area contributed by atoms with E-state index >= 15 is 0 Å². The predicted octanol–water partition coefficient (Wildman–Crippen LogP) is 3.11. The number of hydrogen-bond donors (Lipinski definition) is 0. The van der Waals surface area contributed by atoms with Gasteiger partial charge in [0.1, 0.15) is 5.75 Å². The fraction of sp³-hybridized carbons (Fsp3) is 0.250. The average Bonchev–Trinajstić information content (AvgIpc) is 2.82. The van der Waals surface area contributed by atoms with E-state index in [0.717, 1.165) is 22.5 Å². The first-order chi connectivity index (χ1) is 9.67. The van der Waals surface area contributed by atoms with Crippen LogP contribution in [0.3, 0.4) is 0 Å². The lowest BCUT2D eigenvalue weighted by Crippen LogP contribution is -2.01. The number of pyridine rings is 1. The first-order valence-corrected chi connectivity index (χ1v) is 6.58. The highest BCUT2D eigenvalue weighted by molar-refractivity contribution is 5.77. The summed E-state index contributed by atoms with van der Waals surface area (Å²) in [5.74, 6) is 0.825. The van der Waals surface area contributed by atoms with Gasteiger partial charge in [0.2, 0.25) is 0 Å². The molecular formula is C16H17N3O. The summed E-state index contributed by atoms with van der Waals surface area (Å²) in [6.45, 7) is 4.92. The van der Waals surface area contributed by atoms with Crippen LogP contribution in [0.2, 0.25) is 0 Å². The third-order valence-electron chi connectivity index (χ3n) is 3.59.